The van der Waals surface area contributed by atoms with Crippen molar-refractivity contribution in [3.05, 3.63) is 40.9 Å². The molecular formula is C26H30ClN3O4. The topological polar surface area (TPSA) is 108 Å². The summed E-state index contributed by atoms with van der Waals surface area (Å²) in [6.07, 6.45) is 5.23. The third-order valence-corrected chi connectivity index (χ3v) is 8.14. The van der Waals surface area contributed by atoms with Crippen molar-refractivity contribution in [2.24, 2.45) is 11.3 Å². The van der Waals surface area contributed by atoms with E-state index in [-0.39, 0.29) is 24.0 Å². The van der Waals surface area contributed by atoms with Gasteiger partial charge in [-0.1, -0.05) is 35.9 Å². The van der Waals surface area contributed by atoms with Crippen LogP contribution in [0.5, 0.6) is 6.01 Å². The number of aliphatic hydroxyl groups excluding tert-OH is 1. The summed E-state index contributed by atoms with van der Waals surface area (Å²) in [5.41, 5.74) is 3.14. The zero-order valence-electron chi connectivity index (χ0n) is 19.5. The summed E-state index contributed by atoms with van der Waals surface area (Å²) in [6, 6.07) is 10.3. The fourth-order valence-corrected chi connectivity index (χ4v) is 5.32. The fourth-order valence-electron chi connectivity index (χ4n) is 5.06. The van der Waals surface area contributed by atoms with Gasteiger partial charge in [-0.3, -0.25) is 4.79 Å². The third kappa shape index (κ3) is 4.16. The lowest BCUT2D eigenvalue weighted by Crippen LogP contribution is -2.37. The molecule has 0 radical (unpaired) electrons. The summed E-state index contributed by atoms with van der Waals surface area (Å²) in [7, 11) is 0. The molecule has 3 aromatic rings. The average molecular weight is 484 g/mol. The summed E-state index contributed by atoms with van der Waals surface area (Å²) in [5.74, 6) is -0.606. The Kier molecular flexibility index (Phi) is 5.81. The fraction of sp³-hybridized carbons (Fsp3) is 0.500. The molecule has 2 aromatic heterocycles. The number of aromatic amines is 1. The molecule has 180 valence electrons. The van der Waals surface area contributed by atoms with Gasteiger partial charge in [0.05, 0.1) is 28.3 Å². The number of rotatable bonds is 7. The third-order valence-electron chi connectivity index (χ3n) is 7.86. The van der Waals surface area contributed by atoms with Gasteiger partial charge >= 0.3 is 5.97 Å². The number of benzene rings is 1. The molecule has 2 saturated carbocycles. The first kappa shape index (κ1) is 23.1. The molecule has 34 heavy (non-hydrogen) atoms. The number of imidazole rings is 1. The number of carbonyl (C=O) groups is 1. The molecule has 2 fully saturated rings. The molecule has 2 heterocycles. The van der Waals surface area contributed by atoms with Crippen LogP contribution < -0.4 is 4.74 Å². The van der Waals surface area contributed by atoms with Crippen LogP contribution in [-0.4, -0.2) is 43.8 Å². The number of nitrogens with zero attached hydrogens (tertiary/aromatic N) is 2. The van der Waals surface area contributed by atoms with Gasteiger partial charge in [-0.25, -0.2) is 4.98 Å². The predicted octanol–water partition coefficient (Wildman–Crippen LogP) is 5.35. The maximum absolute atomic E-state index is 11.6. The van der Waals surface area contributed by atoms with Crippen molar-refractivity contribution < 1.29 is 19.7 Å². The van der Waals surface area contributed by atoms with Crippen molar-refractivity contribution in [3.8, 4) is 17.3 Å². The van der Waals surface area contributed by atoms with Crippen LogP contribution in [0.4, 0.5) is 0 Å². The number of carboxylic acid groups (broad SMARTS) is 1. The Morgan fingerprint density at radius 2 is 1.85 bits per heavy atom. The Labute approximate surface area is 203 Å². The molecule has 0 unspecified atom stereocenters. The molecule has 2 aliphatic carbocycles. The van der Waals surface area contributed by atoms with Gasteiger partial charge in [0.1, 0.15) is 6.10 Å². The van der Waals surface area contributed by atoms with Gasteiger partial charge in [0.2, 0.25) is 0 Å². The second kappa shape index (κ2) is 8.54. The van der Waals surface area contributed by atoms with Gasteiger partial charge in [-0.05, 0) is 69.9 Å². The Hall–Kier alpha value is -2.64. The molecule has 0 saturated heterocycles. The van der Waals surface area contributed by atoms with E-state index in [9.17, 15) is 15.0 Å². The Morgan fingerprint density at radius 1 is 1.18 bits per heavy atom. The lowest BCUT2D eigenvalue weighted by Gasteiger charge is -2.36. The molecule has 0 amide bonds. The van der Waals surface area contributed by atoms with Crippen LogP contribution in [0.25, 0.3) is 22.4 Å². The number of ether oxygens (including phenoxy) is 1. The van der Waals surface area contributed by atoms with Gasteiger partial charge < -0.3 is 19.9 Å². The van der Waals surface area contributed by atoms with E-state index in [0.717, 1.165) is 49.7 Å². The molecule has 0 spiro atoms. The van der Waals surface area contributed by atoms with E-state index in [0.29, 0.717) is 27.9 Å². The van der Waals surface area contributed by atoms with Crippen LogP contribution in [0.15, 0.2) is 30.3 Å². The Bertz CT molecular complexity index is 1210. The molecule has 3 N–H and O–H groups in total. The van der Waals surface area contributed by atoms with Crippen molar-refractivity contribution in [3.63, 3.8) is 0 Å². The first-order valence-electron chi connectivity index (χ1n) is 11.9. The van der Waals surface area contributed by atoms with Crippen LogP contribution in [0.2, 0.25) is 5.02 Å². The van der Waals surface area contributed by atoms with Gasteiger partial charge in [-0.2, -0.15) is 4.98 Å². The van der Waals surface area contributed by atoms with Crippen molar-refractivity contribution >= 4 is 28.7 Å². The number of aliphatic hydroxyl groups is 1. The number of aromatic nitrogens is 3. The number of H-pyrrole nitrogens is 1. The molecule has 0 bridgehead atoms. The number of hydrogen-bond acceptors (Lipinski definition) is 5. The predicted molar refractivity (Wildman–Crippen MR) is 130 cm³/mol. The van der Waals surface area contributed by atoms with Crippen LogP contribution >= 0.6 is 11.6 Å². The number of halogens is 1. The second-order valence-corrected chi connectivity index (χ2v) is 10.8. The smallest absolute Gasteiger partial charge is 0.309 e. The van der Waals surface area contributed by atoms with E-state index in [1.54, 1.807) is 13.8 Å². The summed E-state index contributed by atoms with van der Waals surface area (Å²) >= 11 is 6.55. The maximum atomic E-state index is 11.6. The average Bonchev–Trinajstić information content (AvgIpc) is 3.53. The van der Waals surface area contributed by atoms with Crippen molar-refractivity contribution in [1.82, 2.24) is 15.0 Å². The summed E-state index contributed by atoms with van der Waals surface area (Å²) < 4.78 is 6.10. The summed E-state index contributed by atoms with van der Waals surface area (Å²) in [4.78, 5) is 23.9. The van der Waals surface area contributed by atoms with Crippen molar-refractivity contribution in [2.45, 2.75) is 63.9 Å². The molecule has 1 aromatic carbocycles. The van der Waals surface area contributed by atoms with Crippen LogP contribution in [0.1, 0.15) is 57.9 Å². The molecule has 5 rings (SSSR count). The standard InChI is InChI=1S/C26H30ClN3O4/c1-25(2,23(32)33)16-7-9-18(10-8-16)34-24-28-20-13-19(27)21(29-22(20)30-24)15-3-5-17(6-4-15)26(14-31)11-12-26/h3-6,13,16,18,31H,7-12,14H2,1-2H3,(H,32,33)(H,28,29,30). The highest BCUT2D eigenvalue weighted by molar-refractivity contribution is 6.33. The minimum atomic E-state index is -0.747. The Balaban J connectivity index is 1.30. The highest BCUT2D eigenvalue weighted by Gasteiger charge is 2.43. The minimum Gasteiger partial charge on any atom is -0.481 e. The first-order valence-corrected chi connectivity index (χ1v) is 12.3. The van der Waals surface area contributed by atoms with E-state index in [1.807, 2.05) is 30.3 Å². The molecule has 7 nitrogen and oxygen atoms in total. The van der Waals surface area contributed by atoms with E-state index >= 15 is 0 Å². The van der Waals surface area contributed by atoms with Gasteiger partial charge in [0, 0.05) is 11.0 Å². The number of aliphatic carboxylic acids is 1. The lowest BCUT2D eigenvalue weighted by molar-refractivity contribution is -0.151. The van der Waals surface area contributed by atoms with Crippen molar-refractivity contribution in [2.75, 3.05) is 6.61 Å². The SMILES string of the molecule is CC(C)(C(=O)O)C1CCC(Oc2nc3nc(-c4ccc(C5(CO)CC5)cc4)c(Cl)cc3[nH]2)CC1. The monoisotopic (exact) mass is 483 g/mol. The summed E-state index contributed by atoms with van der Waals surface area (Å²) in [5, 5.41) is 19.7. The highest BCUT2D eigenvalue weighted by Crippen LogP contribution is 2.48. The summed E-state index contributed by atoms with van der Waals surface area (Å²) in [6.45, 7) is 3.78. The van der Waals surface area contributed by atoms with Gasteiger partial charge in [0.25, 0.3) is 6.01 Å². The number of fused-ring (bicyclic) bond motifs is 1. The van der Waals surface area contributed by atoms with E-state index < -0.39 is 11.4 Å². The Morgan fingerprint density at radius 3 is 2.44 bits per heavy atom. The maximum Gasteiger partial charge on any atom is 0.309 e. The number of nitrogens with one attached hydrogen (secondary N) is 1. The zero-order chi connectivity index (χ0) is 24.1. The number of carboxylic acids is 1. The molecule has 0 atom stereocenters. The van der Waals surface area contributed by atoms with E-state index in [4.69, 9.17) is 16.3 Å². The molecular weight excluding hydrogens is 454 g/mol. The lowest BCUT2D eigenvalue weighted by atomic mass is 9.70. The van der Waals surface area contributed by atoms with Crippen LogP contribution in [0.3, 0.4) is 0 Å². The molecule has 2 aliphatic rings. The largest absolute Gasteiger partial charge is 0.481 e. The quantitative estimate of drug-likeness (QED) is 0.418. The number of hydrogen-bond donors (Lipinski definition) is 3. The number of pyridine rings is 1. The first-order chi connectivity index (χ1) is 16.2. The minimum absolute atomic E-state index is 0.00911. The van der Waals surface area contributed by atoms with E-state index in [2.05, 4.69) is 15.0 Å². The van der Waals surface area contributed by atoms with E-state index in [1.165, 1.54) is 0 Å². The normalized spacial score (nSPS) is 22.0. The van der Waals surface area contributed by atoms with Gasteiger partial charge in [0.15, 0.2) is 5.65 Å². The molecule has 0 aliphatic heterocycles. The van der Waals surface area contributed by atoms with Gasteiger partial charge in [-0.15, -0.1) is 0 Å². The van der Waals surface area contributed by atoms with Crippen LogP contribution in [-0.2, 0) is 10.2 Å². The zero-order valence-corrected chi connectivity index (χ0v) is 20.2. The van der Waals surface area contributed by atoms with Crippen LogP contribution in [0, 0.1) is 11.3 Å². The molecule has 8 heteroatoms. The highest BCUT2D eigenvalue weighted by atomic mass is 35.5. The van der Waals surface area contributed by atoms with Crippen molar-refractivity contribution in [1.29, 1.82) is 0 Å². The second-order valence-electron chi connectivity index (χ2n) is 10.4.